The zero-order valence-corrected chi connectivity index (χ0v) is 31.7. The highest BCUT2D eigenvalue weighted by Crippen LogP contribution is 2.25. The molecule has 0 saturated heterocycles. The van der Waals surface area contributed by atoms with Gasteiger partial charge in [-0.3, -0.25) is 23.7 Å². The second kappa shape index (κ2) is 15.3. The van der Waals surface area contributed by atoms with Gasteiger partial charge in [0.15, 0.2) is 11.2 Å². The van der Waals surface area contributed by atoms with Crippen molar-refractivity contribution in [1.82, 2.24) is 24.0 Å². The Morgan fingerprint density at radius 3 is 2.16 bits per heavy atom. The number of nitrogens with zero attached hydrogens (tertiary/aromatic N) is 4. The van der Waals surface area contributed by atoms with E-state index in [2.05, 4.69) is 15.6 Å². The fourth-order valence-corrected chi connectivity index (χ4v) is 6.43. The number of hydrogen-bond donors (Lipinski definition) is 3. The molecule has 5 aromatic rings. The van der Waals surface area contributed by atoms with E-state index in [9.17, 15) is 32.4 Å². The monoisotopic (exact) mass is 779 g/mol. The van der Waals surface area contributed by atoms with Crippen molar-refractivity contribution in [1.29, 1.82) is 0 Å². The molecular weight excluding hydrogens is 741 g/mol. The molecule has 0 radical (unpaired) electrons. The average Bonchev–Trinajstić information content (AvgIpc) is 3.50. The van der Waals surface area contributed by atoms with Gasteiger partial charge in [0.25, 0.3) is 21.5 Å². The molecule has 2 amide bonds. The molecule has 0 aliphatic heterocycles. The number of fused-ring (bicyclic) bond motifs is 1. The number of rotatable bonds is 11. The Kier molecular flexibility index (Phi) is 11.1. The summed E-state index contributed by atoms with van der Waals surface area (Å²) in [5.41, 5.74) is -2.14. The number of carbonyl (C=O) groups excluding carboxylic acids is 3. The number of amides is 2. The third kappa shape index (κ3) is 8.64. The van der Waals surface area contributed by atoms with Gasteiger partial charge in [-0.2, -0.15) is 0 Å². The van der Waals surface area contributed by atoms with Gasteiger partial charge < -0.3 is 19.9 Å². The Bertz CT molecular complexity index is 2540. The molecule has 15 nitrogen and oxygen atoms in total. The topological polar surface area (TPSA) is 192 Å². The van der Waals surface area contributed by atoms with Crippen LogP contribution in [-0.4, -0.2) is 57.0 Å². The first kappa shape index (κ1) is 40.0. The smallest absolute Gasteiger partial charge is 0.337 e. The lowest BCUT2D eigenvalue weighted by Crippen LogP contribution is -2.44. The van der Waals surface area contributed by atoms with E-state index in [-0.39, 0.29) is 34.1 Å². The minimum absolute atomic E-state index is 0.189. The van der Waals surface area contributed by atoms with Crippen LogP contribution in [0.5, 0.6) is 0 Å². The Morgan fingerprint density at radius 2 is 1.56 bits per heavy atom. The summed E-state index contributed by atoms with van der Waals surface area (Å²) >= 11 is 0. The first-order valence-electron chi connectivity index (χ1n) is 16.8. The number of aromatic nitrogens is 4. The minimum atomic E-state index is -4.45. The van der Waals surface area contributed by atoms with E-state index in [0.29, 0.717) is 23.4 Å². The van der Waals surface area contributed by atoms with Crippen molar-refractivity contribution < 1.29 is 36.3 Å². The molecule has 3 aromatic carbocycles. The molecule has 290 valence electrons. The molecular formula is C37H39F2N7O8S. The highest BCUT2D eigenvalue weighted by Gasteiger charge is 2.28. The SMILES string of the molecule is CC(C)OC(=O)[C@H](Cc1ccc(-n2c(=O)c3c(ncn3C)n(C)c2=O)cc1)NC(=O)c1cc(F)c(NS(=O)(=O)c2ccc(NC(=O)C(C)(C)C)cc2)cc1F. The summed E-state index contributed by atoms with van der Waals surface area (Å²) in [4.78, 5) is 68.7. The number of nitrogens with one attached hydrogen (secondary N) is 3. The molecule has 18 heteroatoms. The molecule has 0 aliphatic carbocycles. The van der Waals surface area contributed by atoms with Crippen molar-refractivity contribution >= 4 is 50.3 Å². The van der Waals surface area contributed by atoms with Gasteiger partial charge in [-0.1, -0.05) is 32.9 Å². The van der Waals surface area contributed by atoms with Gasteiger partial charge in [0.05, 0.1) is 34.3 Å². The van der Waals surface area contributed by atoms with Crippen molar-refractivity contribution in [3.8, 4) is 5.69 Å². The second-order valence-electron chi connectivity index (χ2n) is 14.0. The number of ether oxygens (including phenoxy) is 1. The first-order chi connectivity index (χ1) is 25.7. The van der Waals surface area contributed by atoms with Crippen molar-refractivity contribution in [3.05, 3.63) is 111 Å². The molecule has 0 bridgehead atoms. The van der Waals surface area contributed by atoms with Crippen LogP contribution in [0.2, 0.25) is 0 Å². The lowest BCUT2D eigenvalue weighted by molar-refractivity contribution is -0.149. The van der Waals surface area contributed by atoms with E-state index in [1.54, 1.807) is 41.7 Å². The van der Waals surface area contributed by atoms with Crippen molar-refractivity contribution in [2.75, 3.05) is 10.0 Å². The predicted octanol–water partition coefficient (Wildman–Crippen LogP) is 3.78. The Morgan fingerprint density at radius 1 is 0.927 bits per heavy atom. The van der Waals surface area contributed by atoms with Crippen LogP contribution in [0.25, 0.3) is 16.9 Å². The van der Waals surface area contributed by atoms with E-state index >= 15 is 8.78 Å². The highest BCUT2D eigenvalue weighted by atomic mass is 32.2. The van der Waals surface area contributed by atoms with E-state index in [1.807, 2.05) is 4.72 Å². The molecule has 1 atom stereocenters. The standard InChI is InChI=1S/C37H39F2N7O8S/c1-20(2)54-34(49)29(16-21-8-12-23(13-9-21)46-33(48)30-31(40-19-44(30)6)45(7)36(46)51)42-32(47)25-17-27(39)28(18-26(25)38)43-55(52,53)24-14-10-22(11-15-24)41-35(50)37(3,4)5/h8-15,17-20,29,43H,16H2,1-7H3,(H,41,50)(H,42,47)/t29-/m0/s1. The van der Waals surface area contributed by atoms with Gasteiger partial charge >= 0.3 is 11.7 Å². The Hall–Kier alpha value is -6.17. The third-order valence-electron chi connectivity index (χ3n) is 8.34. The second-order valence-corrected chi connectivity index (χ2v) is 15.7. The van der Waals surface area contributed by atoms with Crippen LogP contribution in [0, 0.1) is 17.0 Å². The predicted molar refractivity (Wildman–Crippen MR) is 199 cm³/mol. The van der Waals surface area contributed by atoms with Crippen LogP contribution in [-0.2, 0) is 44.9 Å². The fourth-order valence-electron chi connectivity index (χ4n) is 5.37. The van der Waals surface area contributed by atoms with Gasteiger partial charge in [-0.15, -0.1) is 0 Å². The maximum Gasteiger partial charge on any atom is 0.337 e. The van der Waals surface area contributed by atoms with Crippen LogP contribution in [0.4, 0.5) is 20.2 Å². The quantitative estimate of drug-likeness (QED) is 0.168. The summed E-state index contributed by atoms with van der Waals surface area (Å²) in [5, 5.41) is 5.02. The number of anilines is 2. The molecule has 0 saturated carbocycles. The first-order valence-corrected chi connectivity index (χ1v) is 18.3. The maximum atomic E-state index is 15.3. The molecule has 55 heavy (non-hydrogen) atoms. The summed E-state index contributed by atoms with van der Waals surface area (Å²) in [6, 6.07) is 10.6. The van der Waals surface area contributed by atoms with Gasteiger partial charge in [0, 0.05) is 37.7 Å². The van der Waals surface area contributed by atoms with Gasteiger partial charge in [-0.25, -0.2) is 36.3 Å². The molecule has 0 unspecified atom stereocenters. The minimum Gasteiger partial charge on any atom is -0.461 e. The summed E-state index contributed by atoms with van der Waals surface area (Å²) in [5.74, 6) is -4.96. The lowest BCUT2D eigenvalue weighted by atomic mass is 9.95. The molecule has 2 aromatic heterocycles. The van der Waals surface area contributed by atoms with Crippen molar-refractivity contribution in [3.63, 3.8) is 0 Å². The van der Waals surface area contributed by atoms with Crippen LogP contribution in [0.3, 0.4) is 0 Å². The number of aryl methyl sites for hydroxylation is 2. The molecule has 3 N–H and O–H groups in total. The number of halogens is 2. The summed E-state index contributed by atoms with van der Waals surface area (Å²) < 4.78 is 67.6. The molecule has 5 rings (SSSR count). The molecule has 0 spiro atoms. The fraction of sp³-hybridized carbons (Fsp3) is 0.297. The number of esters is 1. The molecule has 2 heterocycles. The molecule has 0 aliphatic rings. The Balaban J connectivity index is 1.34. The average molecular weight is 780 g/mol. The van der Waals surface area contributed by atoms with Gasteiger partial charge in [-0.05, 0) is 61.9 Å². The van der Waals surface area contributed by atoms with Crippen LogP contribution < -0.4 is 26.6 Å². The van der Waals surface area contributed by atoms with E-state index < -0.39 is 73.6 Å². The largest absolute Gasteiger partial charge is 0.461 e. The summed E-state index contributed by atoms with van der Waals surface area (Å²) in [7, 11) is -1.34. The van der Waals surface area contributed by atoms with Crippen LogP contribution in [0.1, 0.15) is 50.5 Å². The number of hydrogen-bond acceptors (Lipinski definition) is 9. The van der Waals surface area contributed by atoms with Gasteiger partial charge in [0.1, 0.15) is 17.7 Å². The number of carbonyl (C=O) groups is 3. The Labute approximate surface area is 314 Å². The third-order valence-corrected chi connectivity index (χ3v) is 9.73. The zero-order chi connectivity index (χ0) is 40.6. The van der Waals surface area contributed by atoms with Crippen molar-refractivity contribution in [2.24, 2.45) is 19.5 Å². The highest BCUT2D eigenvalue weighted by molar-refractivity contribution is 7.92. The number of imidazole rings is 1. The van der Waals surface area contributed by atoms with Crippen molar-refractivity contribution in [2.45, 2.75) is 58.1 Å². The summed E-state index contributed by atoms with van der Waals surface area (Å²) in [6.07, 6.45) is 0.630. The van der Waals surface area contributed by atoms with Crippen LogP contribution >= 0.6 is 0 Å². The number of sulfonamides is 1. The maximum absolute atomic E-state index is 15.3. The van der Waals surface area contributed by atoms with E-state index in [0.717, 1.165) is 4.57 Å². The van der Waals surface area contributed by atoms with Crippen LogP contribution in [0.15, 0.2) is 81.5 Å². The lowest BCUT2D eigenvalue weighted by Gasteiger charge is -2.20. The normalized spacial score (nSPS) is 12.4. The number of benzene rings is 3. The molecule has 0 fully saturated rings. The van der Waals surface area contributed by atoms with E-state index in [1.165, 1.54) is 71.0 Å². The zero-order valence-electron chi connectivity index (χ0n) is 30.9. The van der Waals surface area contributed by atoms with Gasteiger partial charge in [0.2, 0.25) is 5.91 Å². The van der Waals surface area contributed by atoms with E-state index in [4.69, 9.17) is 4.74 Å². The summed E-state index contributed by atoms with van der Waals surface area (Å²) in [6.45, 7) is 8.28.